The minimum absolute atomic E-state index is 0.150. The van der Waals surface area contributed by atoms with E-state index in [2.05, 4.69) is 30.6 Å². The summed E-state index contributed by atoms with van der Waals surface area (Å²) in [5.41, 5.74) is 1.37. The van der Waals surface area contributed by atoms with E-state index in [9.17, 15) is 18.0 Å². The lowest BCUT2D eigenvalue weighted by atomic mass is 10.3. The molecule has 0 aliphatic carbocycles. The summed E-state index contributed by atoms with van der Waals surface area (Å²) < 4.78 is 40.9. The standard InChI is InChI=1S/C15H12F3N5O2S3/c1-8-6-26-12(19-8)21-11(24)7-27-14-23-22-13(28-14)20-9-2-4-10(5-3-9)25-15(16,17)18/h2-6H,7H2,1H3,(H,20,22)(H,19,21,24). The molecule has 13 heteroatoms. The number of ether oxygens (including phenoxy) is 1. The number of hydrogen-bond donors (Lipinski definition) is 2. The molecule has 28 heavy (non-hydrogen) atoms. The van der Waals surface area contributed by atoms with Crippen LogP contribution in [0.3, 0.4) is 0 Å². The van der Waals surface area contributed by atoms with Gasteiger partial charge in [-0.2, -0.15) is 0 Å². The summed E-state index contributed by atoms with van der Waals surface area (Å²) in [6.07, 6.45) is -4.73. The van der Waals surface area contributed by atoms with Crippen molar-refractivity contribution in [3.8, 4) is 5.75 Å². The van der Waals surface area contributed by atoms with Gasteiger partial charge in [-0.25, -0.2) is 4.98 Å². The maximum absolute atomic E-state index is 12.2. The molecule has 1 aromatic carbocycles. The van der Waals surface area contributed by atoms with Crippen LogP contribution in [0.25, 0.3) is 0 Å². The van der Waals surface area contributed by atoms with E-state index in [1.54, 1.807) is 0 Å². The molecule has 0 fully saturated rings. The van der Waals surface area contributed by atoms with Crippen molar-refractivity contribution in [1.82, 2.24) is 15.2 Å². The lowest BCUT2D eigenvalue weighted by molar-refractivity contribution is -0.274. The van der Waals surface area contributed by atoms with E-state index in [4.69, 9.17) is 0 Å². The highest BCUT2D eigenvalue weighted by Crippen LogP contribution is 2.29. The second kappa shape index (κ2) is 8.75. The number of carbonyl (C=O) groups is 1. The van der Waals surface area contributed by atoms with E-state index in [-0.39, 0.29) is 17.4 Å². The van der Waals surface area contributed by atoms with Crippen LogP contribution in [-0.4, -0.2) is 33.2 Å². The third kappa shape index (κ3) is 6.35. The van der Waals surface area contributed by atoms with Crippen LogP contribution in [0.1, 0.15) is 5.69 Å². The van der Waals surface area contributed by atoms with Crippen molar-refractivity contribution in [2.75, 3.05) is 16.4 Å². The van der Waals surface area contributed by atoms with E-state index in [0.717, 1.165) is 5.69 Å². The van der Waals surface area contributed by atoms with Gasteiger partial charge in [-0.05, 0) is 31.2 Å². The minimum atomic E-state index is -4.73. The van der Waals surface area contributed by atoms with Crippen LogP contribution in [-0.2, 0) is 4.79 Å². The van der Waals surface area contributed by atoms with E-state index in [0.29, 0.717) is 20.3 Å². The zero-order chi connectivity index (χ0) is 20.1. The van der Waals surface area contributed by atoms with Gasteiger partial charge >= 0.3 is 6.36 Å². The number of thiazole rings is 1. The summed E-state index contributed by atoms with van der Waals surface area (Å²) in [7, 11) is 0. The predicted molar refractivity (Wildman–Crippen MR) is 103 cm³/mol. The Labute approximate surface area is 169 Å². The van der Waals surface area contributed by atoms with Gasteiger partial charge in [0.25, 0.3) is 0 Å². The van der Waals surface area contributed by atoms with E-state index >= 15 is 0 Å². The predicted octanol–water partition coefficient (Wildman–Crippen LogP) is 4.68. The molecule has 1 amide bonds. The highest BCUT2D eigenvalue weighted by Gasteiger charge is 2.30. The monoisotopic (exact) mass is 447 g/mol. The van der Waals surface area contributed by atoms with Gasteiger partial charge in [-0.3, -0.25) is 4.79 Å². The zero-order valence-electron chi connectivity index (χ0n) is 14.1. The molecular formula is C15H12F3N5O2S3. The summed E-state index contributed by atoms with van der Waals surface area (Å²) in [5.74, 6) is -0.367. The first kappa shape index (κ1) is 20.4. The SMILES string of the molecule is Cc1csc(NC(=O)CSc2nnc(Nc3ccc(OC(F)(F)F)cc3)s2)n1. The van der Waals surface area contributed by atoms with Crippen molar-refractivity contribution in [2.24, 2.45) is 0 Å². The highest BCUT2D eigenvalue weighted by molar-refractivity contribution is 8.01. The quantitative estimate of drug-likeness (QED) is 0.509. The molecule has 0 spiro atoms. The van der Waals surface area contributed by atoms with Crippen molar-refractivity contribution in [3.05, 3.63) is 35.3 Å². The molecule has 0 saturated carbocycles. The largest absolute Gasteiger partial charge is 0.573 e. The average molecular weight is 447 g/mol. The third-order valence-corrected chi connectivity index (χ3v) is 5.79. The summed E-state index contributed by atoms with van der Waals surface area (Å²) in [6, 6.07) is 5.24. The highest BCUT2D eigenvalue weighted by atomic mass is 32.2. The van der Waals surface area contributed by atoms with Crippen LogP contribution in [0.4, 0.5) is 29.1 Å². The average Bonchev–Trinajstić information content (AvgIpc) is 3.22. The Morgan fingerprint density at radius 3 is 2.61 bits per heavy atom. The van der Waals surface area contributed by atoms with Gasteiger partial charge in [0.1, 0.15) is 5.75 Å². The van der Waals surface area contributed by atoms with Crippen molar-refractivity contribution >= 4 is 56.3 Å². The van der Waals surface area contributed by atoms with Crippen LogP contribution in [0.5, 0.6) is 5.75 Å². The van der Waals surface area contributed by atoms with E-state index < -0.39 is 6.36 Å². The second-order valence-electron chi connectivity index (χ2n) is 5.20. The Kier molecular flexibility index (Phi) is 6.36. The fourth-order valence-corrected chi connectivity index (χ4v) is 4.15. The van der Waals surface area contributed by atoms with Crippen LogP contribution in [0.15, 0.2) is 34.0 Å². The number of aromatic nitrogens is 3. The Balaban J connectivity index is 1.49. The minimum Gasteiger partial charge on any atom is -0.406 e. The van der Waals surface area contributed by atoms with Crippen molar-refractivity contribution in [2.45, 2.75) is 17.6 Å². The number of nitrogens with zero attached hydrogens (tertiary/aromatic N) is 3. The molecule has 0 aliphatic rings. The number of aryl methyl sites for hydroxylation is 1. The summed E-state index contributed by atoms with van der Waals surface area (Å²) in [5, 5.41) is 16.4. The maximum atomic E-state index is 12.2. The van der Waals surface area contributed by atoms with Gasteiger partial charge in [0.05, 0.1) is 11.4 Å². The lowest BCUT2D eigenvalue weighted by Gasteiger charge is -2.09. The van der Waals surface area contributed by atoms with Crippen LogP contribution >= 0.6 is 34.4 Å². The fourth-order valence-electron chi connectivity index (χ4n) is 1.88. The van der Waals surface area contributed by atoms with Crippen LogP contribution < -0.4 is 15.4 Å². The van der Waals surface area contributed by atoms with Gasteiger partial charge in [0, 0.05) is 11.1 Å². The number of thioether (sulfide) groups is 1. The summed E-state index contributed by atoms with van der Waals surface area (Å²) in [6.45, 7) is 1.84. The van der Waals surface area contributed by atoms with E-state index in [1.807, 2.05) is 12.3 Å². The Morgan fingerprint density at radius 1 is 1.21 bits per heavy atom. The van der Waals surface area contributed by atoms with Crippen molar-refractivity contribution in [3.63, 3.8) is 0 Å². The first-order chi connectivity index (χ1) is 13.3. The number of hydrogen-bond acceptors (Lipinski definition) is 9. The number of nitrogens with one attached hydrogen (secondary N) is 2. The maximum Gasteiger partial charge on any atom is 0.573 e. The van der Waals surface area contributed by atoms with Crippen molar-refractivity contribution < 1.29 is 22.7 Å². The van der Waals surface area contributed by atoms with Gasteiger partial charge < -0.3 is 15.4 Å². The number of halogens is 3. The molecule has 0 atom stereocenters. The van der Waals surface area contributed by atoms with E-state index in [1.165, 1.54) is 58.7 Å². The van der Waals surface area contributed by atoms with Crippen molar-refractivity contribution in [1.29, 1.82) is 0 Å². The topological polar surface area (TPSA) is 89.0 Å². The summed E-state index contributed by atoms with van der Waals surface area (Å²) in [4.78, 5) is 16.1. The number of benzene rings is 1. The molecule has 3 aromatic rings. The Bertz CT molecular complexity index is 943. The lowest BCUT2D eigenvalue weighted by Crippen LogP contribution is -2.16. The molecule has 0 unspecified atom stereocenters. The molecular weight excluding hydrogens is 435 g/mol. The first-order valence-corrected chi connectivity index (χ1v) is 10.3. The molecule has 0 radical (unpaired) electrons. The molecule has 2 aromatic heterocycles. The molecule has 2 heterocycles. The number of carbonyl (C=O) groups excluding carboxylic acids is 1. The number of anilines is 3. The molecule has 7 nitrogen and oxygen atoms in total. The Hall–Kier alpha value is -2.38. The molecule has 0 bridgehead atoms. The molecule has 3 rings (SSSR count). The number of alkyl halides is 3. The van der Waals surface area contributed by atoms with Gasteiger partial charge in [-0.1, -0.05) is 23.1 Å². The zero-order valence-corrected chi connectivity index (χ0v) is 16.6. The molecule has 0 aliphatic heterocycles. The Morgan fingerprint density at radius 2 is 1.96 bits per heavy atom. The number of rotatable bonds is 7. The smallest absolute Gasteiger partial charge is 0.406 e. The molecule has 0 saturated heterocycles. The normalized spacial score (nSPS) is 11.3. The molecule has 2 N–H and O–H groups in total. The van der Waals surface area contributed by atoms with Gasteiger partial charge in [-0.15, -0.1) is 34.7 Å². The first-order valence-electron chi connectivity index (χ1n) is 7.58. The fraction of sp³-hybridized carbons (Fsp3) is 0.200. The van der Waals surface area contributed by atoms with Gasteiger partial charge in [0.15, 0.2) is 9.47 Å². The van der Waals surface area contributed by atoms with Gasteiger partial charge in [0.2, 0.25) is 11.0 Å². The second-order valence-corrected chi connectivity index (χ2v) is 8.26. The summed E-state index contributed by atoms with van der Waals surface area (Å²) >= 11 is 3.79. The third-order valence-electron chi connectivity index (χ3n) is 2.94. The number of amides is 1. The van der Waals surface area contributed by atoms with Crippen LogP contribution in [0, 0.1) is 6.92 Å². The molecule has 148 valence electrons. The van der Waals surface area contributed by atoms with Crippen LogP contribution in [0.2, 0.25) is 0 Å².